The lowest BCUT2D eigenvalue weighted by Gasteiger charge is -2.28. The molecule has 2 aliphatic rings. The number of rotatable bonds is 3. The van der Waals surface area contributed by atoms with Crippen LogP contribution in [0.15, 0.2) is 0 Å². The third-order valence-electron chi connectivity index (χ3n) is 3.97. The summed E-state index contributed by atoms with van der Waals surface area (Å²) >= 11 is 0. The van der Waals surface area contributed by atoms with Gasteiger partial charge in [-0.1, -0.05) is 0 Å². The molecule has 2 aliphatic heterocycles. The first-order valence-corrected chi connectivity index (χ1v) is 7.33. The van der Waals surface area contributed by atoms with E-state index in [9.17, 15) is 9.59 Å². The van der Waals surface area contributed by atoms with Crippen molar-refractivity contribution in [3.8, 4) is 0 Å². The summed E-state index contributed by atoms with van der Waals surface area (Å²) in [4.78, 5) is 27.7. The van der Waals surface area contributed by atoms with Crippen LogP contribution in [0.2, 0.25) is 0 Å². The summed E-state index contributed by atoms with van der Waals surface area (Å²) in [5.41, 5.74) is 0. The Morgan fingerprint density at radius 1 is 0.611 bits per heavy atom. The molecule has 0 aliphatic carbocycles. The minimum absolute atomic E-state index is 0.167. The number of amides is 2. The van der Waals surface area contributed by atoms with Crippen LogP contribution in [0.4, 0.5) is 0 Å². The maximum Gasteiger partial charge on any atom is 0.223 e. The molecule has 0 aromatic carbocycles. The van der Waals surface area contributed by atoms with Crippen LogP contribution in [-0.4, -0.2) is 47.8 Å². The van der Waals surface area contributed by atoms with Crippen LogP contribution in [0.3, 0.4) is 0 Å². The van der Waals surface area contributed by atoms with Crippen molar-refractivity contribution in [2.24, 2.45) is 0 Å². The highest BCUT2D eigenvalue weighted by Gasteiger charge is 2.20. The Bertz CT molecular complexity index is 262. The average molecular weight is 252 g/mol. The lowest BCUT2D eigenvalue weighted by Crippen LogP contribution is -2.38. The topological polar surface area (TPSA) is 40.6 Å². The molecule has 2 rings (SSSR count). The highest BCUT2D eigenvalue weighted by molar-refractivity contribution is 5.83. The lowest BCUT2D eigenvalue weighted by molar-refractivity contribution is -0.138. The molecule has 4 nitrogen and oxygen atoms in total. The van der Waals surface area contributed by atoms with Crippen LogP contribution >= 0.6 is 0 Å². The minimum Gasteiger partial charge on any atom is -0.343 e. The molecular weight excluding hydrogens is 228 g/mol. The number of piperidine rings is 2. The summed E-state index contributed by atoms with van der Waals surface area (Å²) in [6.07, 6.45) is 7.73. The zero-order valence-corrected chi connectivity index (χ0v) is 11.2. The van der Waals surface area contributed by atoms with Gasteiger partial charge in [0.15, 0.2) is 0 Å². The summed E-state index contributed by atoms with van der Waals surface area (Å²) in [5, 5.41) is 0. The molecule has 0 N–H and O–H groups in total. The predicted molar refractivity (Wildman–Crippen MR) is 70.1 cm³/mol. The van der Waals surface area contributed by atoms with Gasteiger partial charge in [-0.15, -0.1) is 0 Å². The fraction of sp³-hybridized carbons (Fsp3) is 0.857. The Kier molecular flexibility index (Phi) is 5.02. The van der Waals surface area contributed by atoms with E-state index >= 15 is 0 Å². The van der Waals surface area contributed by atoms with Gasteiger partial charge in [-0.05, 0) is 38.5 Å². The highest BCUT2D eigenvalue weighted by atomic mass is 16.2. The first-order valence-electron chi connectivity index (χ1n) is 7.33. The van der Waals surface area contributed by atoms with Gasteiger partial charge in [0.1, 0.15) is 0 Å². The lowest BCUT2D eigenvalue weighted by atomic mass is 10.1. The average Bonchev–Trinajstić information content (AvgIpc) is 2.46. The molecule has 0 spiro atoms. The summed E-state index contributed by atoms with van der Waals surface area (Å²) in [7, 11) is 0. The number of nitrogens with zero attached hydrogens (tertiary/aromatic N) is 2. The van der Waals surface area contributed by atoms with E-state index in [4.69, 9.17) is 0 Å². The first-order chi connectivity index (χ1) is 8.77. The zero-order valence-electron chi connectivity index (χ0n) is 11.2. The maximum absolute atomic E-state index is 11.9. The number of hydrogen-bond donors (Lipinski definition) is 0. The van der Waals surface area contributed by atoms with E-state index in [1.807, 2.05) is 9.80 Å². The molecule has 0 bridgehead atoms. The number of hydrogen-bond acceptors (Lipinski definition) is 2. The third-order valence-corrected chi connectivity index (χ3v) is 3.97. The minimum atomic E-state index is 0.167. The van der Waals surface area contributed by atoms with Crippen molar-refractivity contribution in [3.05, 3.63) is 0 Å². The highest BCUT2D eigenvalue weighted by Crippen LogP contribution is 2.13. The molecule has 102 valence electrons. The maximum atomic E-state index is 11.9. The summed E-state index contributed by atoms with van der Waals surface area (Å²) < 4.78 is 0. The van der Waals surface area contributed by atoms with Gasteiger partial charge < -0.3 is 9.80 Å². The molecule has 2 amide bonds. The van der Waals surface area contributed by atoms with Gasteiger partial charge in [-0.3, -0.25) is 9.59 Å². The van der Waals surface area contributed by atoms with Crippen molar-refractivity contribution in [1.29, 1.82) is 0 Å². The summed E-state index contributed by atoms with van der Waals surface area (Å²) in [6, 6.07) is 0. The van der Waals surface area contributed by atoms with Gasteiger partial charge >= 0.3 is 0 Å². The van der Waals surface area contributed by atoms with Crippen LogP contribution < -0.4 is 0 Å². The van der Waals surface area contributed by atoms with E-state index < -0.39 is 0 Å². The Balaban J connectivity index is 1.69. The Morgan fingerprint density at radius 3 is 1.28 bits per heavy atom. The van der Waals surface area contributed by atoms with Gasteiger partial charge in [-0.2, -0.15) is 0 Å². The summed E-state index contributed by atoms with van der Waals surface area (Å²) in [5.74, 6) is 0.333. The number of carbonyl (C=O) groups excluding carboxylic acids is 2. The van der Waals surface area contributed by atoms with E-state index in [1.54, 1.807) is 0 Å². The molecule has 4 heteroatoms. The SMILES string of the molecule is O=C(CCC(=O)N1CCCCC1)N1CCCCC1. The van der Waals surface area contributed by atoms with Crippen LogP contribution in [-0.2, 0) is 9.59 Å². The predicted octanol–water partition coefficient (Wildman–Crippen LogP) is 1.79. The first kappa shape index (κ1) is 13.4. The molecule has 0 aromatic rings. The molecule has 0 radical (unpaired) electrons. The Hall–Kier alpha value is -1.06. The molecule has 0 aromatic heterocycles. The van der Waals surface area contributed by atoms with E-state index in [2.05, 4.69) is 0 Å². The van der Waals surface area contributed by atoms with E-state index in [-0.39, 0.29) is 11.8 Å². The molecule has 2 fully saturated rings. The molecule has 2 saturated heterocycles. The number of carbonyl (C=O) groups is 2. The Morgan fingerprint density at radius 2 is 0.944 bits per heavy atom. The van der Waals surface area contributed by atoms with Crippen molar-refractivity contribution >= 4 is 11.8 Å². The standard InChI is InChI=1S/C14H24N2O2/c17-13(15-9-3-1-4-10-15)7-8-14(18)16-11-5-2-6-12-16/h1-12H2. The van der Waals surface area contributed by atoms with Gasteiger partial charge in [0.2, 0.25) is 11.8 Å². The quantitative estimate of drug-likeness (QED) is 0.768. The molecule has 2 heterocycles. The zero-order chi connectivity index (χ0) is 12.8. The van der Waals surface area contributed by atoms with Crippen LogP contribution in [0, 0.1) is 0 Å². The van der Waals surface area contributed by atoms with E-state index in [1.165, 1.54) is 12.8 Å². The van der Waals surface area contributed by atoms with Crippen molar-refractivity contribution in [1.82, 2.24) is 9.80 Å². The second-order valence-electron chi connectivity index (χ2n) is 5.38. The van der Waals surface area contributed by atoms with Gasteiger partial charge in [0.05, 0.1) is 0 Å². The van der Waals surface area contributed by atoms with Crippen LogP contribution in [0.1, 0.15) is 51.4 Å². The van der Waals surface area contributed by atoms with Crippen molar-refractivity contribution in [3.63, 3.8) is 0 Å². The van der Waals surface area contributed by atoms with E-state index in [0.717, 1.165) is 51.9 Å². The smallest absolute Gasteiger partial charge is 0.223 e. The second kappa shape index (κ2) is 6.76. The van der Waals surface area contributed by atoms with Gasteiger partial charge in [0, 0.05) is 39.0 Å². The molecule has 0 saturated carbocycles. The molecule has 18 heavy (non-hydrogen) atoms. The largest absolute Gasteiger partial charge is 0.343 e. The third kappa shape index (κ3) is 3.72. The molecule has 0 unspecified atom stereocenters. The van der Waals surface area contributed by atoms with Gasteiger partial charge in [-0.25, -0.2) is 0 Å². The van der Waals surface area contributed by atoms with Gasteiger partial charge in [0.25, 0.3) is 0 Å². The van der Waals surface area contributed by atoms with Crippen molar-refractivity contribution < 1.29 is 9.59 Å². The monoisotopic (exact) mass is 252 g/mol. The molecule has 0 atom stereocenters. The normalized spacial score (nSPS) is 20.9. The van der Waals surface area contributed by atoms with Crippen LogP contribution in [0.25, 0.3) is 0 Å². The van der Waals surface area contributed by atoms with Crippen LogP contribution in [0.5, 0.6) is 0 Å². The summed E-state index contributed by atoms with van der Waals surface area (Å²) in [6.45, 7) is 3.54. The second-order valence-corrected chi connectivity index (χ2v) is 5.38. The van der Waals surface area contributed by atoms with Crippen molar-refractivity contribution in [2.45, 2.75) is 51.4 Å². The fourth-order valence-corrected chi connectivity index (χ4v) is 2.82. The van der Waals surface area contributed by atoms with Crippen molar-refractivity contribution in [2.75, 3.05) is 26.2 Å². The van der Waals surface area contributed by atoms with E-state index in [0.29, 0.717) is 12.8 Å². The molecular formula is C14H24N2O2. The number of likely N-dealkylation sites (tertiary alicyclic amines) is 2. The Labute approximate surface area is 109 Å². The fourth-order valence-electron chi connectivity index (χ4n) is 2.82.